The molecule has 0 fully saturated rings. The lowest BCUT2D eigenvalue weighted by Crippen LogP contribution is -2.20. The molecule has 0 aromatic carbocycles. The van der Waals surface area contributed by atoms with E-state index in [0.29, 0.717) is 5.76 Å². The number of nitrogens with one attached hydrogen (secondary N) is 1. The van der Waals surface area contributed by atoms with Gasteiger partial charge in [-0.15, -0.1) is 0 Å². The number of anilines is 1. The van der Waals surface area contributed by atoms with Gasteiger partial charge in [-0.1, -0.05) is 0 Å². The van der Waals surface area contributed by atoms with Crippen molar-refractivity contribution in [2.45, 2.75) is 19.5 Å². The van der Waals surface area contributed by atoms with Crippen molar-refractivity contribution >= 4 is 11.9 Å². The van der Waals surface area contributed by atoms with E-state index < -0.39 is 18.7 Å². The monoisotopic (exact) mass is 252 g/mol. The number of carbonyl (C=O) groups excluding carboxylic acids is 1. The molecule has 0 saturated carbocycles. The topological polar surface area (TPSA) is 64.4 Å². The third kappa shape index (κ3) is 5.91. The van der Waals surface area contributed by atoms with Crippen LogP contribution in [0.25, 0.3) is 0 Å². The number of alkyl halides is 3. The molecule has 1 aromatic heterocycles. The van der Waals surface area contributed by atoms with E-state index in [1.54, 1.807) is 6.92 Å². The Morgan fingerprint density at radius 1 is 1.59 bits per heavy atom. The van der Waals surface area contributed by atoms with Crippen LogP contribution in [0.5, 0.6) is 0 Å². The molecule has 0 atom stereocenters. The Morgan fingerprint density at radius 2 is 2.29 bits per heavy atom. The first kappa shape index (κ1) is 13.5. The Bertz CT molecular complexity index is 376. The van der Waals surface area contributed by atoms with Crippen LogP contribution in [0.4, 0.5) is 19.2 Å². The van der Waals surface area contributed by atoms with Crippen molar-refractivity contribution in [1.29, 1.82) is 0 Å². The number of rotatable bonds is 5. The maximum atomic E-state index is 11.7. The summed E-state index contributed by atoms with van der Waals surface area (Å²) < 4.78 is 44.3. The quantitative estimate of drug-likeness (QED) is 0.813. The Kier molecular flexibility index (Phi) is 4.50. The standard InChI is InChI=1S/C9H11F3N2O3/c1-6-4-13-8(17-6)14-7(15)2-3-16-5-9(10,11)12/h4H,2-3,5H2,1H3,(H,13,14,15). The van der Waals surface area contributed by atoms with Crippen LogP contribution < -0.4 is 5.32 Å². The van der Waals surface area contributed by atoms with Crippen LogP contribution in [0, 0.1) is 6.92 Å². The van der Waals surface area contributed by atoms with Crippen molar-refractivity contribution in [3.8, 4) is 0 Å². The van der Waals surface area contributed by atoms with E-state index >= 15 is 0 Å². The van der Waals surface area contributed by atoms with E-state index in [4.69, 9.17) is 4.42 Å². The summed E-state index contributed by atoms with van der Waals surface area (Å²) in [5.41, 5.74) is 0. The number of aryl methyl sites for hydroxylation is 1. The second-order valence-electron chi connectivity index (χ2n) is 3.24. The molecule has 0 aliphatic carbocycles. The van der Waals surface area contributed by atoms with E-state index in [2.05, 4.69) is 15.0 Å². The predicted molar refractivity (Wildman–Crippen MR) is 51.4 cm³/mol. The van der Waals surface area contributed by atoms with Crippen molar-refractivity contribution in [3.63, 3.8) is 0 Å². The normalized spacial score (nSPS) is 11.5. The number of hydrogen-bond acceptors (Lipinski definition) is 4. The summed E-state index contributed by atoms with van der Waals surface area (Å²) >= 11 is 0. The zero-order chi connectivity index (χ0) is 12.9. The molecule has 0 spiro atoms. The number of amides is 1. The van der Waals surface area contributed by atoms with Gasteiger partial charge in [-0.2, -0.15) is 13.2 Å². The number of ether oxygens (including phenoxy) is 1. The predicted octanol–water partition coefficient (Wildman–Crippen LogP) is 1.89. The van der Waals surface area contributed by atoms with E-state index in [1.807, 2.05) is 0 Å². The first-order valence-corrected chi connectivity index (χ1v) is 4.73. The van der Waals surface area contributed by atoms with Gasteiger partial charge in [-0.3, -0.25) is 10.1 Å². The highest BCUT2D eigenvalue weighted by Gasteiger charge is 2.27. The molecule has 0 bridgehead atoms. The molecule has 17 heavy (non-hydrogen) atoms. The van der Waals surface area contributed by atoms with Crippen molar-refractivity contribution in [2.24, 2.45) is 0 Å². The highest BCUT2D eigenvalue weighted by Crippen LogP contribution is 2.14. The molecule has 1 amide bonds. The molecule has 1 rings (SSSR count). The van der Waals surface area contributed by atoms with Crippen molar-refractivity contribution in [3.05, 3.63) is 12.0 Å². The number of aromatic nitrogens is 1. The van der Waals surface area contributed by atoms with Crippen LogP contribution >= 0.6 is 0 Å². The van der Waals surface area contributed by atoms with Crippen molar-refractivity contribution < 1.29 is 27.1 Å². The van der Waals surface area contributed by atoms with Gasteiger partial charge in [0.2, 0.25) is 5.91 Å². The number of oxazole rings is 1. The molecule has 0 aliphatic heterocycles. The fourth-order valence-corrected chi connectivity index (χ4v) is 0.947. The fourth-order valence-electron chi connectivity index (χ4n) is 0.947. The summed E-state index contributed by atoms with van der Waals surface area (Å²) in [4.78, 5) is 14.9. The average Bonchev–Trinajstić information content (AvgIpc) is 2.57. The van der Waals surface area contributed by atoms with Crippen LogP contribution in [0.3, 0.4) is 0 Å². The van der Waals surface area contributed by atoms with E-state index in [9.17, 15) is 18.0 Å². The third-order valence-electron chi connectivity index (χ3n) is 1.61. The van der Waals surface area contributed by atoms with Gasteiger partial charge in [0.25, 0.3) is 0 Å². The summed E-state index contributed by atoms with van der Waals surface area (Å²) in [6.07, 6.45) is -3.16. The summed E-state index contributed by atoms with van der Waals surface area (Å²) in [6, 6.07) is 0.0170. The Labute approximate surface area is 95.0 Å². The fraction of sp³-hybridized carbons (Fsp3) is 0.556. The summed E-state index contributed by atoms with van der Waals surface area (Å²) in [7, 11) is 0. The van der Waals surface area contributed by atoms with Crippen molar-refractivity contribution in [1.82, 2.24) is 4.98 Å². The van der Waals surface area contributed by atoms with E-state index in [0.717, 1.165) is 0 Å². The maximum Gasteiger partial charge on any atom is 0.411 e. The van der Waals surface area contributed by atoms with Gasteiger partial charge in [0, 0.05) is 0 Å². The van der Waals surface area contributed by atoms with Gasteiger partial charge in [-0.05, 0) is 6.92 Å². The van der Waals surface area contributed by atoms with E-state index in [1.165, 1.54) is 6.20 Å². The number of hydrogen-bond donors (Lipinski definition) is 1. The zero-order valence-electron chi connectivity index (χ0n) is 9.00. The van der Waals surface area contributed by atoms with Gasteiger partial charge in [0.15, 0.2) is 0 Å². The Balaban J connectivity index is 2.18. The first-order chi connectivity index (χ1) is 7.87. The molecule has 5 nitrogen and oxygen atoms in total. The Morgan fingerprint density at radius 3 is 2.82 bits per heavy atom. The Hall–Kier alpha value is -1.57. The second kappa shape index (κ2) is 5.67. The minimum atomic E-state index is -4.38. The minimum Gasteiger partial charge on any atom is -0.429 e. The highest BCUT2D eigenvalue weighted by molar-refractivity contribution is 5.88. The average molecular weight is 252 g/mol. The molecule has 0 unspecified atom stereocenters. The molecule has 0 aliphatic rings. The molecule has 1 aromatic rings. The van der Waals surface area contributed by atoms with Crippen LogP contribution in [0.15, 0.2) is 10.6 Å². The lowest BCUT2D eigenvalue weighted by atomic mass is 10.4. The molecular formula is C9H11F3N2O3. The zero-order valence-corrected chi connectivity index (χ0v) is 9.00. The van der Waals surface area contributed by atoms with Crippen molar-refractivity contribution in [2.75, 3.05) is 18.5 Å². The maximum absolute atomic E-state index is 11.7. The highest BCUT2D eigenvalue weighted by atomic mass is 19.4. The number of nitrogens with zero attached hydrogens (tertiary/aromatic N) is 1. The van der Waals surface area contributed by atoms with Crippen LogP contribution in [0.2, 0.25) is 0 Å². The summed E-state index contributed by atoms with van der Waals surface area (Å²) in [5.74, 6) is 0.00245. The number of halogens is 3. The van der Waals surface area contributed by atoms with Gasteiger partial charge in [-0.25, -0.2) is 4.98 Å². The van der Waals surface area contributed by atoms with Gasteiger partial charge < -0.3 is 9.15 Å². The van der Waals surface area contributed by atoms with Crippen LogP contribution in [-0.2, 0) is 9.53 Å². The van der Waals surface area contributed by atoms with Crippen LogP contribution in [0.1, 0.15) is 12.2 Å². The van der Waals surface area contributed by atoms with E-state index in [-0.39, 0.29) is 19.0 Å². The second-order valence-corrected chi connectivity index (χ2v) is 3.24. The first-order valence-electron chi connectivity index (χ1n) is 4.73. The lowest BCUT2D eigenvalue weighted by molar-refractivity contribution is -0.174. The lowest BCUT2D eigenvalue weighted by Gasteiger charge is -2.06. The molecule has 96 valence electrons. The number of carbonyl (C=O) groups is 1. The molecule has 1 heterocycles. The van der Waals surface area contributed by atoms with Gasteiger partial charge in [0.05, 0.1) is 19.2 Å². The minimum absolute atomic E-state index is 0.0170. The summed E-state index contributed by atoms with van der Waals surface area (Å²) in [6.45, 7) is -0.0292. The summed E-state index contributed by atoms with van der Waals surface area (Å²) in [5, 5.41) is 2.28. The molecular weight excluding hydrogens is 241 g/mol. The SMILES string of the molecule is Cc1cnc(NC(=O)CCOCC(F)(F)F)o1. The molecule has 8 heteroatoms. The van der Waals surface area contributed by atoms with Gasteiger partial charge >= 0.3 is 12.2 Å². The largest absolute Gasteiger partial charge is 0.429 e. The van der Waals surface area contributed by atoms with Gasteiger partial charge in [0.1, 0.15) is 12.4 Å². The molecule has 0 saturated heterocycles. The third-order valence-corrected chi connectivity index (χ3v) is 1.61. The molecule has 0 radical (unpaired) electrons. The smallest absolute Gasteiger partial charge is 0.411 e. The molecule has 1 N–H and O–H groups in total. The van der Waals surface area contributed by atoms with Crippen LogP contribution in [-0.4, -0.2) is 30.3 Å².